The van der Waals surface area contributed by atoms with E-state index < -0.39 is 0 Å². The van der Waals surface area contributed by atoms with Gasteiger partial charge in [0.1, 0.15) is 6.07 Å². The molecule has 0 aromatic carbocycles. The summed E-state index contributed by atoms with van der Waals surface area (Å²) in [5.41, 5.74) is 3.29. The first-order chi connectivity index (χ1) is 5.88. The minimum atomic E-state index is 0.710. The van der Waals surface area contributed by atoms with Crippen molar-refractivity contribution in [3.63, 3.8) is 0 Å². The molecule has 0 amide bonds. The van der Waals surface area contributed by atoms with Crippen LogP contribution in [0.3, 0.4) is 0 Å². The van der Waals surface area contributed by atoms with Gasteiger partial charge >= 0.3 is 0 Å². The first-order valence-corrected chi connectivity index (χ1v) is 4.27. The van der Waals surface area contributed by atoms with Gasteiger partial charge in [-0.25, -0.2) is 0 Å². The van der Waals surface area contributed by atoms with Gasteiger partial charge in [0.25, 0.3) is 0 Å². The molecule has 1 heterocycles. The van der Waals surface area contributed by atoms with Gasteiger partial charge < -0.3 is 0 Å². The summed E-state index contributed by atoms with van der Waals surface area (Å²) in [7, 11) is 0. The molecule has 58 valence electrons. The van der Waals surface area contributed by atoms with Crippen molar-refractivity contribution in [3.05, 3.63) is 29.1 Å². The Bertz CT molecular complexity index is 389. The van der Waals surface area contributed by atoms with Crippen LogP contribution in [0.2, 0.25) is 0 Å². The minimum Gasteiger partial charge on any atom is -0.260 e. The lowest BCUT2D eigenvalue weighted by molar-refractivity contribution is 0.836. The molecule has 1 aromatic rings. The molecule has 2 aliphatic carbocycles. The summed E-state index contributed by atoms with van der Waals surface area (Å²) in [6.45, 7) is 0. The Labute approximate surface area is 70.9 Å². The first kappa shape index (κ1) is 6.19. The molecule has 1 aromatic heterocycles. The third-order valence-electron chi connectivity index (χ3n) is 2.91. The van der Waals surface area contributed by atoms with E-state index >= 15 is 0 Å². The van der Waals surface area contributed by atoms with E-state index in [1.807, 2.05) is 6.07 Å². The van der Waals surface area contributed by atoms with E-state index in [0.717, 1.165) is 18.3 Å². The maximum Gasteiger partial charge on any atom is 0.101 e. The summed E-state index contributed by atoms with van der Waals surface area (Å²) in [6.07, 6.45) is 4.15. The fourth-order valence-electron chi connectivity index (χ4n) is 2.17. The second kappa shape index (κ2) is 1.87. The second-order valence-electron chi connectivity index (χ2n) is 3.68. The van der Waals surface area contributed by atoms with E-state index in [1.54, 1.807) is 6.20 Å². The van der Waals surface area contributed by atoms with Crippen LogP contribution in [0.25, 0.3) is 0 Å². The number of fused-ring (bicyclic) bond motifs is 3. The van der Waals surface area contributed by atoms with Gasteiger partial charge in [-0.3, -0.25) is 4.98 Å². The summed E-state index contributed by atoms with van der Waals surface area (Å²) in [5.74, 6) is 1.61. The highest BCUT2D eigenvalue weighted by Crippen LogP contribution is 2.55. The highest BCUT2D eigenvalue weighted by molar-refractivity contribution is 5.42. The molecule has 1 fully saturated rings. The van der Waals surface area contributed by atoms with E-state index in [1.165, 1.54) is 17.7 Å². The topological polar surface area (TPSA) is 36.7 Å². The lowest BCUT2D eigenvalue weighted by atomic mass is 10.1. The van der Waals surface area contributed by atoms with Crippen molar-refractivity contribution in [2.24, 2.45) is 5.92 Å². The van der Waals surface area contributed by atoms with Crippen molar-refractivity contribution < 1.29 is 0 Å². The van der Waals surface area contributed by atoms with Gasteiger partial charge in [0, 0.05) is 11.9 Å². The van der Waals surface area contributed by atoms with Crippen molar-refractivity contribution in [1.82, 2.24) is 4.98 Å². The molecular weight excluding hydrogens is 148 g/mol. The van der Waals surface area contributed by atoms with Gasteiger partial charge in [0.05, 0.1) is 5.56 Å². The van der Waals surface area contributed by atoms with Gasteiger partial charge in [-0.2, -0.15) is 5.26 Å². The quantitative estimate of drug-likeness (QED) is 0.572. The van der Waals surface area contributed by atoms with Crippen LogP contribution >= 0.6 is 0 Å². The largest absolute Gasteiger partial charge is 0.260 e. The summed E-state index contributed by atoms with van der Waals surface area (Å²) < 4.78 is 0. The number of nitrogens with zero attached hydrogens (tertiary/aromatic N) is 2. The van der Waals surface area contributed by atoms with Crippen LogP contribution in [0.15, 0.2) is 12.3 Å². The molecular formula is C10H8N2. The SMILES string of the molecule is N#Cc1cnc2c(c1)C1CC1C2. The first-order valence-electron chi connectivity index (χ1n) is 4.27. The normalized spacial score (nSPS) is 28.9. The number of pyridine rings is 1. The smallest absolute Gasteiger partial charge is 0.101 e. The zero-order chi connectivity index (χ0) is 8.13. The Kier molecular flexibility index (Phi) is 0.962. The predicted molar refractivity (Wildman–Crippen MR) is 43.5 cm³/mol. The van der Waals surface area contributed by atoms with E-state index in [9.17, 15) is 0 Å². The number of rotatable bonds is 0. The van der Waals surface area contributed by atoms with Gasteiger partial charge in [-0.05, 0) is 36.3 Å². The zero-order valence-corrected chi connectivity index (χ0v) is 6.62. The third kappa shape index (κ3) is 0.660. The molecule has 2 nitrogen and oxygen atoms in total. The van der Waals surface area contributed by atoms with Crippen LogP contribution in [0.1, 0.15) is 29.2 Å². The monoisotopic (exact) mass is 156 g/mol. The van der Waals surface area contributed by atoms with E-state index in [2.05, 4.69) is 11.1 Å². The lowest BCUT2D eigenvalue weighted by Crippen LogP contribution is -1.92. The predicted octanol–water partition coefficient (Wildman–Crippen LogP) is 1.61. The molecule has 0 radical (unpaired) electrons. The summed E-state index contributed by atoms with van der Waals surface area (Å²) >= 11 is 0. The Morgan fingerprint density at radius 3 is 3.33 bits per heavy atom. The maximum absolute atomic E-state index is 8.68. The molecule has 0 saturated heterocycles. The second-order valence-corrected chi connectivity index (χ2v) is 3.68. The summed E-state index contributed by atoms with van der Waals surface area (Å²) in [4.78, 5) is 4.29. The fraction of sp³-hybridized carbons (Fsp3) is 0.400. The van der Waals surface area contributed by atoms with Gasteiger partial charge in [-0.15, -0.1) is 0 Å². The number of hydrogen-bond acceptors (Lipinski definition) is 2. The Morgan fingerprint density at radius 1 is 1.58 bits per heavy atom. The van der Waals surface area contributed by atoms with Gasteiger partial charge in [-0.1, -0.05) is 0 Å². The fourth-order valence-corrected chi connectivity index (χ4v) is 2.17. The van der Waals surface area contributed by atoms with Gasteiger partial charge in [0.2, 0.25) is 0 Å². The minimum absolute atomic E-state index is 0.710. The molecule has 2 unspecified atom stereocenters. The number of aromatic nitrogens is 1. The highest BCUT2D eigenvalue weighted by Gasteiger charge is 2.45. The van der Waals surface area contributed by atoms with E-state index in [4.69, 9.17) is 5.26 Å². The Morgan fingerprint density at radius 2 is 2.50 bits per heavy atom. The molecule has 0 spiro atoms. The Hall–Kier alpha value is -1.36. The third-order valence-corrected chi connectivity index (χ3v) is 2.91. The lowest BCUT2D eigenvalue weighted by Gasteiger charge is -1.99. The van der Waals surface area contributed by atoms with Crippen LogP contribution < -0.4 is 0 Å². The van der Waals surface area contributed by atoms with Crippen molar-refractivity contribution in [2.45, 2.75) is 18.8 Å². The molecule has 2 aliphatic rings. The van der Waals surface area contributed by atoms with Crippen LogP contribution in [0.5, 0.6) is 0 Å². The molecule has 1 saturated carbocycles. The van der Waals surface area contributed by atoms with Crippen LogP contribution in [0.4, 0.5) is 0 Å². The van der Waals surface area contributed by atoms with Crippen LogP contribution in [-0.4, -0.2) is 4.98 Å². The van der Waals surface area contributed by atoms with Crippen molar-refractivity contribution in [3.8, 4) is 6.07 Å². The maximum atomic E-state index is 8.68. The molecule has 3 rings (SSSR count). The van der Waals surface area contributed by atoms with Crippen molar-refractivity contribution in [1.29, 1.82) is 5.26 Å². The molecule has 12 heavy (non-hydrogen) atoms. The van der Waals surface area contributed by atoms with Crippen LogP contribution in [-0.2, 0) is 6.42 Å². The zero-order valence-electron chi connectivity index (χ0n) is 6.62. The van der Waals surface area contributed by atoms with Crippen molar-refractivity contribution >= 4 is 0 Å². The van der Waals surface area contributed by atoms with E-state index in [-0.39, 0.29) is 0 Å². The summed E-state index contributed by atoms with van der Waals surface area (Å²) in [6, 6.07) is 4.15. The molecule has 2 heteroatoms. The molecule has 0 N–H and O–H groups in total. The van der Waals surface area contributed by atoms with Gasteiger partial charge in [0.15, 0.2) is 0 Å². The number of hydrogen-bond donors (Lipinski definition) is 0. The number of nitriles is 1. The highest BCUT2D eigenvalue weighted by atomic mass is 14.7. The van der Waals surface area contributed by atoms with Crippen LogP contribution in [0, 0.1) is 17.2 Å². The summed E-state index contributed by atoms with van der Waals surface area (Å²) in [5, 5.41) is 8.68. The van der Waals surface area contributed by atoms with Crippen molar-refractivity contribution in [2.75, 3.05) is 0 Å². The molecule has 2 atom stereocenters. The molecule has 0 aliphatic heterocycles. The molecule has 0 bridgehead atoms. The Balaban J connectivity index is 2.17. The average molecular weight is 156 g/mol. The van der Waals surface area contributed by atoms with E-state index in [0.29, 0.717) is 5.56 Å². The average Bonchev–Trinajstić information content (AvgIpc) is 2.79. The standard InChI is InChI=1S/C10H8N2/c11-4-6-1-9-8-2-7(8)3-10(9)12-5-6/h1,5,7-8H,2-3H2.